The van der Waals surface area contributed by atoms with Crippen molar-refractivity contribution in [3.8, 4) is 0 Å². The Morgan fingerprint density at radius 3 is 2.57 bits per heavy atom. The van der Waals surface area contributed by atoms with E-state index in [2.05, 4.69) is 12.2 Å². The van der Waals surface area contributed by atoms with E-state index in [1.165, 1.54) is 11.3 Å². The molecule has 0 spiro atoms. The SMILES string of the molecule is CCC1CCc2c(sc(NC(=O)C3C4C=CC(C4)C3C(=O)O)c2C(=O)OC(C)C)C1. The van der Waals surface area contributed by atoms with E-state index >= 15 is 0 Å². The zero-order chi connectivity index (χ0) is 21.6. The third-order valence-corrected chi connectivity index (χ3v) is 7.95. The highest BCUT2D eigenvalue weighted by Gasteiger charge is 2.52. The molecule has 2 bridgehead atoms. The van der Waals surface area contributed by atoms with E-state index in [1.807, 2.05) is 12.2 Å². The van der Waals surface area contributed by atoms with Crippen LogP contribution in [0.3, 0.4) is 0 Å². The van der Waals surface area contributed by atoms with E-state index in [9.17, 15) is 19.5 Å². The number of carbonyl (C=O) groups excluding carboxylic acids is 2. The van der Waals surface area contributed by atoms with Crippen molar-refractivity contribution in [2.24, 2.45) is 29.6 Å². The molecule has 2 N–H and O–H groups in total. The summed E-state index contributed by atoms with van der Waals surface area (Å²) in [5, 5.41) is 13.1. The molecule has 6 nitrogen and oxygen atoms in total. The van der Waals surface area contributed by atoms with Crippen LogP contribution >= 0.6 is 11.3 Å². The van der Waals surface area contributed by atoms with Gasteiger partial charge in [0, 0.05) is 4.88 Å². The lowest BCUT2D eigenvalue weighted by atomic mass is 9.82. The number of allylic oxidation sites excluding steroid dienone is 2. The lowest BCUT2D eigenvalue weighted by Crippen LogP contribution is -2.36. The molecule has 5 unspecified atom stereocenters. The first kappa shape index (κ1) is 21.1. The standard InChI is InChI=1S/C23H29NO5S/c1-4-12-5-8-15-16(9-12)30-21(19(15)23(28)29-11(2)3)24-20(25)17-13-6-7-14(10-13)18(17)22(26)27/h6-7,11-14,17-18H,4-5,8-10H2,1-3H3,(H,24,25)(H,26,27). The fraction of sp³-hybridized carbons (Fsp3) is 0.609. The van der Waals surface area contributed by atoms with Crippen LogP contribution in [-0.4, -0.2) is 29.1 Å². The first-order valence-electron chi connectivity index (χ1n) is 10.9. The predicted octanol–water partition coefficient (Wildman–Crippen LogP) is 4.29. The minimum atomic E-state index is -0.928. The van der Waals surface area contributed by atoms with Crippen molar-refractivity contribution in [1.29, 1.82) is 0 Å². The predicted molar refractivity (Wildman–Crippen MR) is 115 cm³/mol. The summed E-state index contributed by atoms with van der Waals surface area (Å²) in [5.74, 6) is -2.50. The van der Waals surface area contributed by atoms with Crippen molar-refractivity contribution in [3.63, 3.8) is 0 Å². The number of hydrogen-bond donors (Lipinski definition) is 2. The summed E-state index contributed by atoms with van der Waals surface area (Å²) in [6.45, 7) is 5.79. The number of fused-ring (bicyclic) bond motifs is 3. The second-order valence-electron chi connectivity index (χ2n) is 9.01. The Morgan fingerprint density at radius 1 is 1.23 bits per heavy atom. The smallest absolute Gasteiger partial charge is 0.341 e. The Bertz CT molecular complexity index is 902. The van der Waals surface area contributed by atoms with E-state index in [0.717, 1.165) is 36.1 Å². The minimum Gasteiger partial charge on any atom is -0.481 e. The summed E-state index contributed by atoms with van der Waals surface area (Å²) >= 11 is 1.46. The maximum atomic E-state index is 13.2. The number of carboxylic acids is 1. The molecule has 1 fully saturated rings. The van der Waals surface area contributed by atoms with E-state index in [4.69, 9.17) is 4.74 Å². The van der Waals surface area contributed by atoms with Gasteiger partial charge < -0.3 is 15.2 Å². The summed E-state index contributed by atoms with van der Waals surface area (Å²) in [4.78, 5) is 39.0. The number of nitrogens with one attached hydrogen (secondary N) is 1. The molecular formula is C23H29NO5S. The quantitative estimate of drug-likeness (QED) is 0.518. The van der Waals surface area contributed by atoms with E-state index < -0.39 is 23.8 Å². The van der Waals surface area contributed by atoms with Crippen molar-refractivity contribution in [3.05, 3.63) is 28.2 Å². The van der Waals surface area contributed by atoms with Gasteiger partial charge in [-0.15, -0.1) is 11.3 Å². The zero-order valence-electron chi connectivity index (χ0n) is 17.6. The molecule has 1 saturated carbocycles. The van der Waals surface area contributed by atoms with Crippen molar-refractivity contribution < 1.29 is 24.2 Å². The Labute approximate surface area is 180 Å². The van der Waals surface area contributed by atoms with Crippen LogP contribution in [0.2, 0.25) is 0 Å². The fourth-order valence-electron chi connectivity index (χ4n) is 5.29. The monoisotopic (exact) mass is 431 g/mol. The molecule has 7 heteroatoms. The highest BCUT2D eigenvalue weighted by Crippen LogP contribution is 2.49. The van der Waals surface area contributed by atoms with Gasteiger partial charge in [-0.05, 0) is 62.8 Å². The van der Waals surface area contributed by atoms with Gasteiger partial charge >= 0.3 is 11.9 Å². The average molecular weight is 432 g/mol. The number of rotatable bonds is 6. The van der Waals surface area contributed by atoms with Crippen molar-refractivity contribution in [1.82, 2.24) is 0 Å². The molecule has 3 aliphatic rings. The first-order chi connectivity index (χ1) is 14.3. The molecule has 1 aromatic heterocycles. The van der Waals surface area contributed by atoms with Crippen molar-refractivity contribution in [2.75, 3.05) is 5.32 Å². The van der Waals surface area contributed by atoms with Crippen LogP contribution in [0.5, 0.6) is 0 Å². The third kappa shape index (κ3) is 3.68. The number of thiophene rings is 1. The summed E-state index contributed by atoms with van der Waals surface area (Å²) in [6.07, 6.45) is 8.16. The Kier molecular flexibility index (Phi) is 5.75. The van der Waals surface area contributed by atoms with Gasteiger partial charge in [0.25, 0.3) is 0 Å². The normalized spacial score (nSPS) is 29.1. The first-order valence-corrected chi connectivity index (χ1v) is 11.7. The van der Waals surface area contributed by atoms with Gasteiger partial charge in [0.2, 0.25) is 5.91 Å². The summed E-state index contributed by atoms with van der Waals surface area (Å²) in [5.41, 5.74) is 1.46. The van der Waals surface area contributed by atoms with Crippen LogP contribution in [0.4, 0.5) is 5.00 Å². The van der Waals surface area contributed by atoms with Crippen molar-refractivity contribution >= 4 is 34.2 Å². The molecule has 0 radical (unpaired) electrons. The van der Waals surface area contributed by atoms with Gasteiger partial charge in [-0.2, -0.15) is 0 Å². The molecular weight excluding hydrogens is 402 g/mol. The number of aliphatic carboxylic acids is 1. The van der Waals surface area contributed by atoms with Crippen LogP contribution in [0.25, 0.3) is 0 Å². The van der Waals surface area contributed by atoms with Crippen LogP contribution in [-0.2, 0) is 27.2 Å². The van der Waals surface area contributed by atoms with E-state index in [1.54, 1.807) is 13.8 Å². The van der Waals surface area contributed by atoms with E-state index in [-0.39, 0.29) is 23.8 Å². The summed E-state index contributed by atoms with van der Waals surface area (Å²) < 4.78 is 5.48. The molecule has 5 atom stereocenters. The fourth-order valence-corrected chi connectivity index (χ4v) is 6.64. The molecule has 0 aliphatic heterocycles. The number of anilines is 1. The van der Waals surface area contributed by atoms with Gasteiger partial charge in [-0.25, -0.2) is 4.79 Å². The van der Waals surface area contributed by atoms with Crippen LogP contribution in [0, 0.1) is 29.6 Å². The minimum absolute atomic E-state index is 0.0544. The molecule has 162 valence electrons. The highest BCUT2D eigenvalue weighted by atomic mass is 32.1. The van der Waals surface area contributed by atoms with Crippen LogP contribution in [0.1, 0.15) is 60.8 Å². The number of hydrogen-bond acceptors (Lipinski definition) is 5. The van der Waals surface area contributed by atoms with Gasteiger partial charge in [-0.1, -0.05) is 25.5 Å². The van der Waals surface area contributed by atoms with Crippen LogP contribution in [0.15, 0.2) is 12.2 Å². The molecule has 30 heavy (non-hydrogen) atoms. The molecule has 1 aromatic rings. The third-order valence-electron chi connectivity index (χ3n) is 6.78. The van der Waals surface area contributed by atoms with E-state index in [0.29, 0.717) is 22.9 Å². The molecule has 0 aromatic carbocycles. The second-order valence-corrected chi connectivity index (χ2v) is 10.1. The number of carbonyl (C=O) groups is 3. The van der Waals surface area contributed by atoms with Gasteiger partial charge in [-0.3, -0.25) is 9.59 Å². The topological polar surface area (TPSA) is 92.7 Å². The Balaban J connectivity index is 1.64. The lowest BCUT2D eigenvalue weighted by Gasteiger charge is -2.23. The van der Waals surface area contributed by atoms with Crippen LogP contribution < -0.4 is 5.32 Å². The molecule has 4 rings (SSSR count). The highest BCUT2D eigenvalue weighted by molar-refractivity contribution is 7.17. The maximum absolute atomic E-state index is 13.2. The summed E-state index contributed by atoms with van der Waals surface area (Å²) in [6, 6.07) is 0. The average Bonchev–Trinajstić information content (AvgIpc) is 3.38. The Hall–Kier alpha value is -2.15. The van der Waals surface area contributed by atoms with Crippen molar-refractivity contribution in [2.45, 2.75) is 59.0 Å². The largest absolute Gasteiger partial charge is 0.481 e. The molecule has 0 saturated heterocycles. The number of esters is 1. The zero-order valence-corrected chi connectivity index (χ0v) is 18.5. The van der Waals surface area contributed by atoms with Gasteiger partial charge in [0.15, 0.2) is 0 Å². The maximum Gasteiger partial charge on any atom is 0.341 e. The summed E-state index contributed by atoms with van der Waals surface area (Å²) in [7, 11) is 0. The molecule has 1 heterocycles. The molecule has 3 aliphatic carbocycles. The van der Waals surface area contributed by atoms with Gasteiger partial charge in [0.1, 0.15) is 5.00 Å². The molecule has 1 amide bonds. The second kappa shape index (κ2) is 8.17. The lowest BCUT2D eigenvalue weighted by molar-refractivity contribution is -0.146. The number of carboxylic acid groups (broad SMARTS) is 1. The number of amides is 1. The Morgan fingerprint density at radius 2 is 1.93 bits per heavy atom. The number of ether oxygens (including phenoxy) is 1. The van der Waals surface area contributed by atoms with Gasteiger partial charge in [0.05, 0.1) is 23.5 Å².